The van der Waals surface area contributed by atoms with Crippen molar-refractivity contribution >= 4 is 5.91 Å². The van der Waals surface area contributed by atoms with Crippen LogP contribution in [0.5, 0.6) is 5.75 Å². The number of rotatable bonds is 6. The van der Waals surface area contributed by atoms with E-state index in [2.05, 4.69) is 15.6 Å². The van der Waals surface area contributed by atoms with Crippen molar-refractivity contribution in [1.29, 1.82) is 0 Å². The van der Waals surface area contributed by atoms with Crippen LogP contribution in [-0.4, -0.2) is 33.5 Å². The minimum Gasteiger partial charge on any atom is -0.489 e. The second-order valence-electron chi connectivity index (χ2n) is 6.89. The molecule has 1 atom stereocenters. The lowest BCUT2D eigenvalue weighted by molar-refractivity contribution is 0.0921. The number of carbonyl (C=O) groups excluding carboxylic acids is 1. The molecule has 130 valence electrons. The molecule has 0 fully saturated rings. The van der Waals surface area contributed by atoms with Gasteiger partial charge in [-0.2, -0.15) is 0 Å². The summed E-state index contributed by atoms with van der Waals surface area (Å²) in [7, 11) is 0. The van der Waals surface area contributed by atoms with Crippen LogP contribution in [0.15, 0.2) is 30.5 Å². The van der Waals surface area contributed by atoms with Gasteiger partial charge in [0.25, 0.3) is 5.91 Å². The fourth-order valence-electron chi connectivity index (χ4n) is 2.14. The molecule has 1 N–H and O–H groups in total. The van der Waals surface area contributed by atoms with Crippen molar-refractivity contribution in [2.24, 2.45) is 0 Å². The van der Waals surface area contributed by atoms with Gasteiger partial charge in [-0.15, -0.1) is 5.10 Å². The third kappa shape index (κ3) is 4.81. The van der Waals surface area contributed by atoms with E-state index in [1.54, 1.807) is 10.9 Å². The molecule has 0 aliphatic rings. The topological polar surface area (TPSA) is 69.0 Å². The van der Waals surface area contributed by atoms with Crippen LogP contribution in [0.1, 0.15) is 50.2 Å². The highest BCUT2D eigenvalue weighted by atomic mass is 16.5. The first kappa shape index (κ1) is 18.0. The van der Waals surface area contributed by atoms with Crippen molar-refractivity contribution in [3.05, 3.63) is 41.7 Å². The molecule has 1 amide bonds. The minimum atomic E-state index is -0.239. The Morgan fingerprint density at radius 2 is 2.12 bits per heavy atom. The molecule has 1 unspecified atom stereocenters. The SMILES string of the molecule is CCC(CNC(=O)c1cn(C(C)(C)C)nn1)Oc1cccc(C)c1. The summed E-state index contributed by atoms with van der Waals surface area (Å²) in [4.78, 5) is 12.2. The maximum atomic E-state index is 12.2. The molecule has 0 saturated heterocycles. The van der Waals surface area contributed by atoms with Gasteiger partial charge in [-0.05, 0) is 51.8 Å². The van der Waals surface area contributed by atoms with Crippen molar-refractivity contribution in [2.45, 2.75) is 52.7 Å². The summed E-state index contributed by atoms with van der Waals surface area (Å²) in [6.07, 6.45) is 2.37. The van der Waals surface area contributed by atoms with E-state index in [1.807, 2.05) is 58.9 Å². The quantitative estimate of drug-likeness (QED) is 0.884. The predicted molar refractivity (Wildman–Crippen MR) is 93.2 cm³/mol. The Balaban J connectivity index is 1.92. The van der Waals surface area contributed by atoms with Crippen molar-refractivity contribution in [1.82, 2.24) is 20.3 Å². The summed E-state index contributed by atoms with van der Waals surface area (Å²) in [5.74, 6) is 0.576. The number of nitrogens with zero attached hydrogens (tertiary/aromatic N) is 3. The molecule has 0 spiro atoms. The highest BCUT2D eigenvalue weighted by molar-refractivity contribution is 5.91. The van der Waals surface area contributed by atoms with Gasteiger partial charge >= 0.3 is 0 Å². The van der Waals surface area contributed by atoms with E-state index >= 15 is 0 Å². The van der Waals surface area contributed by atoms with Crippen LogP contribution in [0.25, 0.3) is 0 Å². The lowest BCUT2D eigenvalue weighted by Gasteiger charge is -2.18. The molecule has 0 aliphatic carbocycles. The molecule has 2 aromatic rings. The van der Waals surface area contributed by atoms with Crippen LogP contribution < -0.4 is 10.1 Å². The van der Waals surface area contributed by atoms with Crippen LogP contribution in [0.4, 0.5) is 0 Å². The van der Waals surface area contributed by atoms with Crippen LogP contribution in [0.3, 0.4) is 0 Å². The zero-order chi connectivity index (χ0) is 17.7. The van der Waals surface area contributed by atoms with E-state index < -0.39 is 0 Å². The maximum absolute atomic E-state index is 12.2. The molecule has 1 heterocycles. The fraction of sp³-hybridized carbons (Fsp3) is 0.500. The van der Waals surface area contributed by atoms with Gasteiger partial charge in [0.15, 0.2) is 5.69 Å². The summed E-state index contributed by atoms with van der Waals surface area (Å²) in [5, 5.41) is 10.8. The first-order valence-corrected chi connectivity index (χ1v) is 8.24. The van der Waals surface area contributed by atoms with Gasteiger partial charge in [0.1, 0.15) is 11.9 Å². The Morgan fingerprint density at radius 3 is 2.71 bits per heavy atom. The predicted octanol–water partition coefficient (Wildman–Crippen LogP) is 2.93. The number of benzene rings is 1. The molecule has 0 aliphatic heterocycles. The molecule has 6 nitrogen and oxygen atoms in total. The van der Waals surface area contributed by atoms with Gasteiger partial charge in [0, 0.05) is 0 Å². The Morgan fingerprint density at radius 1 is 1.38 bits per heavy atom. The zero-order valence-electron chi connectivity index (χ0n) is 15.0. The summed E-state index contributed by atoms with van der Waals surface area (Å²) in [6, 6.07) is 7.89. The number of amides is 1. The van der Waals surface area contributed by atoms with Crippen LogP contribution in [0, 0.1) is 6.92 Å². The molecular weight excluding hydrogens is 304 g/mol. The third-order valence-corrected chi connectivity index (χ3v) is 3.65. The van der Waals surface area contributed by atoms with Gasteiger partial charge < -0.3 is 10.1 Å². The summed E-state index contributed by atoms with van der Waals surface area (Å²) in [5.41, 5.74) is 1.26. The van der Waals surface area contributed by atoms with Gasteiger partial charge in [0.2, 0.25) is 0 Å². The second-order valence-corrected chi connectivity index (χ2v) is 6.89. The highest BCUT2D eigenvalue weighted by Crippen LogP contribution is 2.15. The van der Waals surface area contributed by atoms with E-state index in [0.717, 1.165) is 17.7 Å². The molecule has 0 radical (unpaired) electrons. The third-order valence-electron chi connectivity index (χ3n) is 3.65. The van der Waals surface area contributed by atoms with Crippen LogP contribution >= 0.6 is 0 Å². The molecule has 0 bridgehead atoms. The van der Waals surface area contributed by atoms with Crippen molar-refractivity contribution < 1.29 is 9.53 Å². The minimum absolute atomic E-state index is 0.0894. The average Bonchev–Trinajstić information content (AvgIpc) is 3.01. The monoisotopic (exact) mass is 330 g/mol. The molecular formula is C18H26N4O2. The number of hydrogen-bond donors (Lipinski definition) is 1. The van der Waals surface area contributed by atoms with Gasteiger partial charge in [-0.25, -0.2) is 4.68 Å². The summed E-state index contributed by atoms with van der Waals surface area (Å²) < 4.78 is 7.62. The summed E-state index contributed by atoms with van der Waals surface area (Å²) in [6.45, 7) is 10.5. The molecule has 1 aromatic carbocycles. The van der Waals surface area contributed by atoms with Crippen molar-refractivity contribution in [2.75, 3.05) is 6.54 Å². The molecule has 2 rings (SSSR count). The van der Waals surface area contributed by atoms with Gasteiger partial charge in [0.05, 0.1) is 18.3 Å². The smallest absolute Gasteiger partial charge is 0.273 e. The highest BCUT2D eigenvalue weighted by Gasteiger charge is 2.19. The number of nitrogens with one attached hydrogen (secondary N) is 1. The maximum Gasteiger partial charge on any atom is 0.273 e. The first-order valence-electron chi connectivity index (χ1n) is 8.24. The largest absolute Gasteiger partial charge is 0.489 e. The Kier molecular flexibility index (Phi) is 5.59. The Hall–Kier alpha value is -2.37. The van der Waals surface area contributed by atoms with E-state index in [0.29, 0.717) is 12.2 Å². The number of hydrogen-bond acceptors (Lipinski definition) is 4. The molecule has 6 heteroatoms. The van der Waals surface area contributed by atoms with E-state index in [9.17, 15) is 4.79 Å². The van der Waals surface area contributed by atoms with Crippen LogP contribution in [-0.2, 0) is 5.54 Å². The van der Waals surface area contributed by atoms with Crippen molar-refractivity contribution in [3.63, 3.8) is 0 Å². The normalized spacial score (nSPS) is 12.7. The Labute approximate surface area is 143 Å². The number of aryl methyl sites for hydroxylation is 1. The fourth-order valence-corrected chi connectivity index (χ4v) is 2.14. The van der Waals surface area contributed by atoms with Gasteiger partial charge in [-0.1, -0.05) is 24.3 Å². The summed E-state index contributed by atoms with van der Waals surface area (Å²) >= 11 is 0. The van der Waals surface area contributed by atoms with Crippen molar-refractivity contribution in [3.8, 4) is 5.75 Å². The van der Waals surface area contributed by atoms with E-state index in [-0.39, 0.29) is 17.6 Å². The standard InChI is InChI=1S/C18H26N4O2/c1-6-14(24-15-9-7-8-13(2)10-15)11-19-17(23)16-12-22(21-20-16)18(3,4)5/h7-10,12,14H,6,11H2,1-5H3,(H,19,23). The zero-order valence-corrected chi connectivity index (χ0v) is 15.0. The number of ether oxygens (including phenoxy) is 1. The molecule has 24 heavy (non-hydrogen) atoms. The number of carbonyl (C=O) groups is 1. The molecule has 1 aromatic heterocycles. The average molecular weight is 330 g/mol. The molecule has 0 saturated carbocycles. The second kappa shape index (κ2) is 7.47. The van der Waals surface area contributed by atoms with E-state index in [4.69, 9.17) is 4.74 Å². The number of aromatic nitrogens is 3. The Bertz CT molecular complexity index is 688. The van der Waals surface area contributed by atoms with E-state index in [1.165, 1.54) is 0 Å². The first-order chi connectivity index (χ1) is 11.3. The van der Waals surface area contributed by atoms with Crippen LogP contribution in [0.2, 0.25) is 0 Å². The van der Waals surface area contributed by atoms with Gasteiger partial charge in [-0.3, -0.25) is 4.79 Å². The lowest BCUT2D eigenvalue weighted by atomic mass is 10.1. The lowest BCUT2D eigenvalue weighted by Crippen LogP contribution is -2.35.